The number of hydrogen-bond acceptors (Lipinski definition) is 5. The zero-order chi connectivity index (χ0) is 21.1. The molecule has 1 atom stereocenters. The van der Waals surface area contributed by atoms with Crippen molar-refractivity contribution in [1.29, 1.82) is 0 Å². The summed E-state index contributed by atoms with van der Waals surface area (Å²) in [5.74, 6) is -0.905. The number of sulfone groups is 1. The molecule has 0 heterocycles. The van der Waals surface area contributed by atoms with E-state index in [1.54, 1.807) is 19.2 Å². The molecule has 1 amide bonds. The van der Waals surface area contributed by atoms with E-state index in [1.807, 2.05) is 6.92 Å². The van der Waals surface area contributed by atoms with Crippen LogP contribution in [0.3, 0.4) is 0 Å². The van der Waals surface area contributed by atoms with E-state index in [-0.39, 0.29) is 33.9 Å². The highest BCUT2D eigenvalue weighted by atomic mass is 32.2. The van der Waals surface area contributed by atoms with Gasteiger partial charge < -0.3 is 4.90 Å². The van der Waals surface area contributed by atoms with Crippen molar-refractivity contribution >= 4 is 33.3 Å². The third kappa shape index (κ3) is 5.42. The van der Waals surface area contributed by atoms with Crippen LogP contribution in [0.2, 0.25) is 0 Å². The molecule has 8 heteroatoms. The minimum Gasteiger partial charge on any atom is -0.338 e. The highest BCUT2D eigenvalue weighted by Gasteiger charge is 2.19. The maximum atomic E-state index is 14.1. The molecule has 0 aliphatic carbocycles. The van der Waals surface area contributed by atoms with E-state index in [4.69, 9.17) is 0 Å². The molecule has 0 aromatic heterocycles. The number of hydrogen-bond donors (Lipinski definition) is 0. The molecular formula is C20H22FNO4S2. The van der Waals surface area contributed by atoms with Crippen molar-refractivity contribution in [3.63, 3.8) is 0 Å². The van der Waals surface area contributed by atoms with Gasteiger partial charge in [-0.1, -0.05) is 18.2 Å². The number of benzene rings is 2. The van der Waals surface area contributed by atoms with Crippen molar-refractivity contribution in [1.82, 2.24) is 4.90 Å². The summed E-state index contributed by atoms with van der Waals surface area (Å²) >= 11 is 1.07. The molecule has 0 aliphatic heterocycles. The average molecular weight is 424 g/mol. The SMILES string of the molecule is CC(=O)c1ccc(SCC(=O)N(C)C(C)c2ccc(S(C)(=O)=O)cc2)c(F)c1. The van der Waals surface area contributed by atoms with Crippen molar-refractivity contribution in [2.75, 3.05) is 19.1 Å². The van der Waals surface area contributed by atoms with Crippen LogP contribution in [0.15, 0.2) is 52.3 Å². The lowest BCUT2D eigenvalue weighted by Crippen LogP contribution is -2.31. The Hall–Kier alpha value is -2.19. The minimum absolute atomic E-state index is 0.0403. The standard InChI is InChI=1S/C20H22FNO4S2/c1-13(15-5-8-17(9-6-15)28(4,25)26)22(3)20(24)12-27-19-10-7-16(14(2)23)11-18(19)21/h5-11,13H,12H2,1-4H3. The number of thioether (sulfide) groups is 1. The van der Waals surface area contributed by atoms with Gasteiger partial charge in [0.15, 0.2) is 15.6 Å². The molecule has 150 valence electrons. The predicted molar refractivity (Wildman–Crippen MR) is 108 cm³/mol. The molecule has 0 bridgehead atoms. The lowest BCUT2D eigenvalue weighted by Gasteiger charge is -2.25. The number of carbonyl (C=O) groups excluding carboxylic acids is 2. The molecule has 0 spiro atoms. The molecule has 0 saturated carbocycles. The van der Waals surface area contributed by atoms with Crippen molar-refractivity contribution in [2.24, 2.45) is 0 Å². The van der Waals surface area contributed by atoms with Gasteiger partial charge in [0.2, 0.25) is 5.91 Å². The van der Waals surface area contributed by atoms with Gasteiger partial charge in [-0.25, -0.2) is 12.8 Å². The van der Waals surface area contributed by atoms with E-state index in [2.05, 4.69) is 0 Å². The highest BCUT2D eigenvalue weighted by Crippen LogP contribution is 2.25. The van der Waals surface area contributed by atoms with Gasteiger partial charge in [-0.3, -0.25) is 9.59 Å². The van der Waals surface area contributed by atoms with Gasteiger partial charge in [-0.15, -0.1) is 11.8 Å². The average Bonchev–Trinajstić information content (AvgIpc) is 2.64. The normalized spacial score (nSPS) is 12.5. The van der Waals surface area contributed by atoms with Crippen LogP contribution >= 0.6 is 11.8 Å². The second kappa shape index (κ2) is 8.87. The Bertz CT molecular complexity index is 988. The first-order chi connectivity index (χ1) is 13.0. The van der Waals surface area contributed by atoms with Crippen molar-refractivity contribution in [2.45, 2.75) is 29.7 Å². The molecule has 2 aromatic carbocycles. The lowest BCUT2D eigenvalue weighted by atomic mass is 10.1. The Morgan fingerprint density at radius 2 is 1.75 bits per heavy atom. The first-order valence-electron chi connectivity index (χ1n) is 8.49. The lowest BCUT2D eigenvalue weighted by molar-refractivity contribution is -0.128. The summed E-state index contributed by atoms with van der Waals surface area (Å²) < 4.78 is 37.2. The summed E-state index contributed by atoms with van der Waals surface area (Å²) in [6.45, 7) is 3.20. The van der Waals surface area contributed by atoms with E-state index < -0.39 is 15.7 Å². The van der Waals surface area contributed by atoms with E-state index in [0.717, 1.165) is 23.6 Å². The summed E-state index contributed by atoms with van der Waals surface area (Å²) in [7, 11) is -1.63. The summed E-state index contributed by atoms with van der Waals surface area (Å²) in [4.78, 5) is 25.8. The van der Waals surface area contributed by atoms with E-state index in [0.29, 0.717) is 4.90 Å². The van der Waals surface area contributed by atoms with Crippen molar-refractivity contribution in [3.8, 4) is 0 Å². The van der Waals surface area contributed by atoms with Crippen molar-refractivity contribution in [3.05, 3.63) is 59.4 Å². The highest BCUT2D eigenvalue weighted by molar-refractivity contribution is 8.00. The number of halogens is 1. The fourth-order valence-corrected chi connectivity index (χ4v) is 3.99. The molecule has 0 radical (unpaired) electrons. The molecule has 2 aromatic rings. The summed E-state index contributed by atoms with van der Waals surface area (Å²) in [5, 5.41) is 0. The van der Waals surface area contributed by atoms with E-state index in [9.17, 15) is 22.4 Å². The number of ketones is 1. The smallest absolute Gasteiger partial charge is 0.233 e. The van der Waals surface area contributed by atoms with Crippen LogP contribution in [0, 0.1) is 5.82 Å². The van der Waals surface area contributed by atoms with Crippen LogP contribution in [0.4, 0.5) is 4.39 Å². The van der Waals surface area contributed by atoms with Crippen LogP contribution in [0.25, 0.3) is 0 Å². The van der Waals surface area contributed by atoms with E-state index in [1.165, 1.54) is 42.2 Å². The number of Topliss-reactive ketones (excluding diaryl/α,β-unsaturated/α-hetero) is 1. The van der Waals surface area contributed by atoms with Crippen LogP contribution in [-0.2, 0) is 14.6 Å². The van der Waals surface area contributed by atoms with Crippen LogP contribution in [-0.4, -0.2) is 44.1 Å². The summed E-state index contributed by atoms with van der Waals surface area (Å²) in [6.07, 6.45) is 1.14. The number of carbonyl (C=O) groups is 2. The first kappa shape index (κ1) is 22.1. The fourth-order valence-electron chi connectivity index (χ4n) is 2.51. The van der Waals surface area contributed by atoms with Gasteiger partial charge in [0.25, 0.3) is 0 Å². The van der Waals surface area contributed by atoms with E-state index >= 15 is 0 Å². The van der Waals surface area contributed by atoms with Crippen LogP contribution in [0.1, 0.15) is 35.8 Å². The quantitative estimate of drug-likeness (QED) is 0.501. The zero-order valence-electron chi connectivity index (χ0n) is 16.1. The van der Waals surface area contributed by atoms with Gasteiger partial charge in [-0.2, -0.15) is 0 Å². The molecule has 1 unspecified atom stereocenters. The van der Waals surface area contributed by atoms with Crippen molar-refractivity contribution < 1.29 is 22.4 Å². The van der Waals surface area contributed by atoms with Gasteiger partial charge in [-0.05, 0) is 43.7 Å². The zero-order valence-corrected chi connectivity index (χ0v) is 17.7. The second-order valence-corrected chi connectivity index (χ2v) is 9.54. The Kier molecular flexibility index (Phi) is 7.01. The molecule has 0 saturated heterocycles. The topological polar surface area (TPSA) is 71.5 Å². The molecule has 5 nitrogen and oxygen atoms in total. The van der Waals surface area contributed by atoms with Gasteiger partial charge in [0.05, 0.1) is 16.7 Å². The molecule has 2 rings (SSSR count). The molecule has 0 aliphatic rings. The number of nitrogens with zero attached hydrogens (tertiary/aromatic N) is 1. The second-order valence-electron chi connectivity index (χ2n) is 6.51. The molecule has 0 N–H and O–H groups in total. The van der Waals surface area contributed by atoms with Gasteiger partial charge in [0, 0.05) is 23.8 Å². The molecular weight excluding hydrogens is 401 g/mol. The molecule has 28 heavy (non-hydrogen) atoms. The number of rotatable bonds is 7. The third-order valence-corrected chi connectivity index (χ3v) is 6.62. The summed E-state index contributed by atoms with van der Waals surface area (Å²) in [5.41, 5.74) is 1.08. The monoisotopic (exact) mass is 423 g/mol. The predicted octanol–water partition coefficient (Wildman–Crippen LogP) is 3.74. The fraction of sp³-hybridized carbons (Fsp3) is 0.300. The molecule has 0 fully saturated rings. The first-order valence-corrected chi connectivity index (χ1v) is 11.4. The van der Waals surface area contributed by atoms with Crippen LogP contribution < -0.4 is 0 Å². The largest absolute Gasteiger partial charge is 0.338 e. The third-order valence-electron chi connectivity index (χ3n) is 4.45. The summed E-state index contributed by atoms with van der Waals surface area (Å²) in [6, 6.07) is 10.3. The Morgan fingerprint density at radius 1 is 1.14 bits per heavy atom. The van der Waals surface area contributed by atoms with Crippen LogP contribution in [0.5, 0.6) is 0 Å². The Labute approximate surface area is 168 Å². The Balaban J connectivity index is 2.03. The minimum atomic E-state index is -3.27. The maximum absolute atomic E-state index is 14.1. The van der Waals surface area contributed by atoms with Gasteiger partial charge in [0.1, 0.15) is 5.82 Å². The Morgan fingerprint density at radius 3 is 2.25 bits per heavy atom. The number of amides is 1. The van der Waals surface area contributed by atoms with Gasteiger partial charge >= 0.3 is 0 Å². The maximum Gasteiger partial charge on any atom is 0.233 e.